The van der Waals surface area contributed by atoms with E-state index in [2.05, 4.69) is 12.1 Å². The van der Waals surface area contributed by atoms with Crippen LogP contribution in [0.3, 0.4) is 0 Å². The summed E-state index contributed by atoms with van der Waals surface area (Å²) >= 11 is 7.67. The van der Waals surface area contributed by atoms with Crippen LogP contribution < -0.4 is 4.90 Å². The highest BCUT2D eigenvalue weighted by Crippen LogP contribution is 2.42. The average molecular weight is 461 g/mol. The maximum atomic E-state index is 13.2. The van der Waals surface area contributed by atoms with Gasteiger partial charge < -0.3 is 9.80 Å². The lowest BCUT2D eigenvalue weighted by molar-refractivity contribution is -0.114. The van der Waals surface area contributed by atoms with Crippen molar-refractivity contribution in [2.75, 3.05) is 18.5 Å². The Hall–Kier alpha value is -3.02. The Balaban J connectivity index is 1.41. The van der Waals surface area contributed by atoms with E-state index in [1.165, 1.54) is 22.9 Å². The van der Waals surface area contributed by atoms with Crippen LogP contribution >= 0.6 is 23.4 Å². The van der Waals surface area contributed by atoms with Gasteiger partial charge in [0.15, 0.2) is 0 Å². The van der Waals surface area contributed by atoms with E-state index in [9.17, 15) is 9.59 Å². The Morgan fingerprint density at radius 3 is 2.59 bits per heavy atom. The lowest BCUT2D eigenvalue weighted by atomic mass is 9.99. The molecular formula is C26H21ClN2O2S. The van der Waals surface area contributed by atoms with Gasteiger partial charge in [-0.25, -0.2) is 0 Å². The highest BCUT2D eigenvalue weighted by Gasteiger charge is 2.29. The van der Waals surface area contributed by atoms with Crippen molar-refractivity contribution in [2.24, 2.45) is 0 Å². The van der Waals surface area contributed by atoms with Crippen LogP contribution in [0.4, 0.5) is 5.69 Å². The predicted octanol–water partition coefficient (Wildman–Crippen LogP) is 5.65. The third-order valence-corrected chi connectivity index (χ3v) is 7.33. The highest BCUT2D eigenvalue weighted by atomic mass is 35.5. The number of hydrogen-bond donors (Lipinski definition) is 0. The number of anilines is 1. The number of rotatable bonds is 2. The van der Waals surface area contributed by atoms with Crippen molar-refractivity contribution in [1.82, 2.24) is 4.90 Å². The Labute approximate surface area is 196 Å². The molecule has 0 fully saturated rings. The van der Waals surface area contributed by atoms with Crippen molar-refractivity contribution >= 4 is 46.9 Å². The van der Waals surface area contributed by atoms with Crippen molar-refractivity contribution in [2.45, 2.75) is 17.9 Å². The van der Waals surface area contributed by atoms with Crippen LogP contribution in [0.1, 0.15) is 27.0 Å². The van der Waals surface area contributed by atoms with Crippen LogP contribution in [0.5, 0.6) is 0 Å². The highest BCUT2D eigenvalue weighted by molar-refractivity contribution is 8.04. The average Bonchev–Trinajstić information content (AvgIpc) is 2.82. The quantitative estimate of drug-likeness (QED) is 0.464. The maximum absolute atomic E-state index is 13.2. The predicted molar refractivity (Wildman–Crippen MR) is 130 cm³/mol. The number of hydrogen-bond acceptors (Lipinski definition) is 3. The maximum Gasteiger partial charge on any atom is 0.264 e. The molecule has 0 aliphatic carbocycles. The second-order valence-electron chi connectivity index (χ2n) is 7.92. The van der Waals surface area contributed by atoms with Crippen LogP contribution in [0.25, 0.3) is 6.08 Å². The summed E-state index contributed by atoms with van der Waals surface area (Å²) in [5.74, 6) is -0.121. The van der Waals surface area contributed by atoms with E-state index in [4.69, 9.17) is 11.6 Å². The van der Waals surface area contributed by atoms with Gasteiger partial charge in [0.1, 0.15) is 0 Å². The van der Waals surface area contributed by atoms with E-state index in [1.807, 2.05) is 59.5 Å². The van der Waals surface area contributed by atoms with Crippen LogP contribution in [0.15, 0.2) is 76.5 Å². The number of carbonyl (C=O) groups is 2. The summed E-state index contributed by atoms with van der Waals surface area (Å²) in [5, 5.41) is 0.603. The second-order valence-corrected chi connectivity index (χ2v) is 9.42. The van der Waals surface area contributed by atoms with Crippen LogP contribution in [-0.2, 0) is 17.8 Å². The van der Waals surface area contributed by atoms with Crippen molar-refractivity contribution in [3.63, 3.8) is 0 Å². The minimum atomic E-state index is -0.112. The summed E-state index contributed by atoms with van der Waals surface area (Å²) in [4.78, 5) is 31.3. The third kappa shape index (κ3) is 3.83. The summed E-state index contributed by atoms with van der Waals surface area (Å²) in [5.41, 5.74) is 4.66. The van der Waals surface area contributed by atoms with Gasteiger partial charge in [-0.15, -0.1) is 0 Å². The summed E-state index contributed by atoms with van der Waals surface area (Å²) in [6.45, 7) is 1.31. The van der Waals surface area contributed by atoms with E-state index in [0.717, 1.165) is 22.6 Å². The van der Waals surface area contributed by atoms with E-state index < -0.39 is 0 Å². The van der Waals surface area contributed by atoms with Gasteiger partial charge in [-0.1, -0.05) is 65.8 Å². The largest absolute Gasteiger partial charge is 0.334 e. The number of thioether (sulfide) groups is 1. The van der Waals surface area contributed by atoms with E-state index in [-0.39, 0.29) is 11.8 Å². The van der Waals surface area contributed by atoms with Gasteiger partial charge in [-0.05, 0) is 53.5 Å². The monoisotopic (exact) mass is 460 g/mol. The molecule has 0 saturated carbocycles. The number of benzene rings is 3. The number of likely N-dealkylation sites (N-methyl/N-ethyl adjacent to an activating group) is 1. The van der Waals surface area contributed by atoms with Crippen molar-refractivity contribution in [3.8, 4) is 0 Å². The van der Waals surface area contributed by atoms with Crippen molar-refractivity contribution in [3.05, 3.63) is 98.9 Å². The SMILES string of the molecule is CN1C(=O)/C(=C/c2ccccc2Cl)Sc2ccc(C(=O)N3CCc4ccccc4C3)cc21. The molecule has 0 unspecified atom stereocenters. The van der Waals surface area contributed by atoms with Gasteiger partial charge in [0, 0.05) is 35.6 Å². The minimum absolute atomic E-state index is 0.00874. The van der Waals surface area contributed by atoms with Crippen LogP contribution in [0.2, 0.25) is 5.02 Å². The smallest absolute Gasteiger partial charge is 0.264 e. The first-order chi connectivity index (χ1) is 15.5. The number of fused-ring (bicyclic) bond motifs is 2. The summed E-state index contributed by atoms with van der Waals surface area (Å²) < 4.78 is 0. The fraction of sp³-hybridized carbons (Fsp3) is 0.154. The number of halogens is 1. The fourth-order valence-electron chi connectivity index (χ4n) is 4.11. The van der Waals surface area contributed by atoms with E-state index >= 15 is 0 Å². The van der Waals surface area contributed by atoms with E-state index in [0.29, 0.717) is 28.6 Å². The summed E-state index contributed by atoms with van der Waals surface area (Å²) in [6.07, 6.45) is 2.68. The molecule has 3 aromatic rings. The van der Waals surface area contributed by atoms with Gasteiger partial charge in [0.2, 0.25) is 0 Å². The van der Waals surface area contributed by atoms with Crippen molar-refractivity contribution in [1.29, 1.82) is 0 Å². The van der Waals surface area contributed by atoms with Gasteiger partial charge in [-0.2, -0.15) is 0 Å². The molecule has 0 radical (unpaired) electrons. The Morgan fingerprint density at radius 1 is 1.03 bits per heavy atom. The molecule has 0 N–H and O–H groups in total. The molecule has 5 rings (SSSR count). The van der Waals surface area contributed by atoms with E-state index in [1.54, 1.807) is 18.0 Å². The fourth-order valence-corrected chi connectivity index (χ4v) is 5.39. The molecule has 6 heteroatoms. The zero-order valence-corrected chi connectivity index (χ0v) is 19.1. The zero-order chi connectivity index (χ0) is 22.2. The first-order valence-electron chi connectivity index (χ1n) is 10.4. The molecule has 4 nitrogen and oxygen atoms in total. The molecule has 2 amide bonds. The van der Waals surface area contributed by atoms with Gasteiger partial charge in [0.05, 0.1) is 10.6 Å². The summed E-state index contributed by atoms with van der Waals surface area (Å²) in [7, 11) is 1.74. The molecular weight excluding hydrogens is 440 g/mol. The normalized spacial score (nSPS) is 16.7. The zero-order valence-electron chi connectivity index (χ0n) is 17.5. The van der Waals surface area contributed by atoms with Crippen molar-refractivity contribution < 1.29 is 9.59 Å². The molecule has 3 aromatic carbocycles. The lowest BCUT2D eigenvalue weighted by Crippen LogP contribution is -2.36. The van der Waals surface area contributed by atoms with Gasteiger partial charge >= 0.3 is 0 Å². The molecule has 0 bridgehead atoms. The molecule has 0 atom stereocenters. The number of nitrogens with zero attached hydrogens (tertiary/aromatic N) is 2. The molecule has 0 aromatic heterocycles. The standard InChI is InChI=1S/C26H21ClN2O2S/c1-28-22-14-19(25(30)29-13-12-17-6-2-3-8-20(17)16-29)10-11-23(22)32-24(26(28)31)15-18-7-4-5-9-21(18)27/h2-11,14-15H,12-13,16H2,1H3/b24-15-. The van der Waals surface area contributed by atoms with Crippen LogP contribution in [0, 0.1) is 0 Å². The first kappa shape index (κ1) is 20.9. The Bertz CT molecular complexity index is 1270. The first-order valence-corrected chi connectivity index (χ1v) is 11.6. The topological polar surface area (TPSA) is 40.6 Å². The molecule has 0 saturated heterocycles. The minimum Gasteiger partial charge on any atom is -0.334 e. The molecule has 2 aliphatic rings. The van der Waals surface area contributed by atoms with Gasteiger partial charge in [0.25, 0.3) is 11.8 Å². The summed E-state index contributed by atoms with van der Waals surface area (Å²) in [6, 6.07) is 21.3. The third-order valence-electron chi connectivity index (χ3n) is 5.91. The molecule has 32 heavy (non-hydrogen) atoms. The van der Waals surface area contributed by atoms with Gasteiger partial charge in [-0.3, -0.25) is 9.59 Å². The number of amides is 2. The van der Waals surface area contributed by atoms with Crippen LogP contribution in [-0.4, -0.2) is 30.3 Å². The Kier molecular flexibility index (Phi) is 5.53. The second kappa shape index (κ2) is 8.49. The Morgan fingerprint density at radius 2 is 1.78 bits per heavy atom. The molecule has 2 heterocycles. The molecule has 0 spiro atoms. The molecule has 2 aliphatic heterocycles. The lowest BCUT2D eigenvalue weighted by Gasteiger charge is -2.30. The number of carbonyl (C=O) groups excluding carboxylic acids is 2. The molecule has 160 valence electrons.